The van der Waals surface area contributed by atoms with Crippen LogP contribution >= 0.6 is 11.3 Å². The van der Waals surface area contributed by atoms with Gasteiger partial charge in [0, 0.05) is 0 Å². The van der Waals surface area contributed by atoms with E-state index in [1.807, 2.05) is 11.4 Å². The van der Waals surface area contributed by atoms with Crippen LogP contribution in [0.15, 0.2) is 17.8 Å². The minimum atomic E-state index is 0.382. The highest BCUT2D eigenvalue weighted by molar-refractivity contribution is 7.16. The molecule has 1 aliphatic rings. The molecule has 14 heavy (non-hydrogen) atoms. The molecule has 1 fully saturated rings. The van der Waals surface area contributed by atoms with Crippen LogP contribution in [0.25, 0.3) is 10.2 Å². The summed E-state index contributed by atoms with van der Waals surface area (Å²) in [4.78, 5) is 9.36. The first-order valence-electron chi connectivity index (χ1n) is 4.78. The molecule has 3 rings (SSSR count). The van der Waals surface area contributed by atoms with Crippen LogP contribution in [-0.4, -0.2) is 16.1 Å². The van der Waals surface area contributed by atoms with Gasteiger partial charge in [-0.25, -0.2) is 9.97 Å². The third-order valence-electron chi connectivity index (χ3n) is 2.56. The van der Waals surface area contributed by atoms with Crippen LogP contribution in [0.3, 0.4) is 0 Å². The lowest BCUT2D eigenvalue weighted by molar-refractivity contribution is 0.116. The van der Waals surface area contributed by atoms with E-state index in [9.17, 15) is 0 Å². The van der Waals surface area contributed by atoms with Crippen molar-refractivity contribution < 1.29 is 4.74 Å². The number of nitrogens with zero attached hydrogens (tertiary/aromatic N) is 2. The minimum absolute atomic E-state index is 0.382. The summed E-state index contributed by atoms with van der Waals surface area (Å²) in [5.74, 6) is 0.751. The van der Waals surface area contributed by atoms with Gasteiger partial charge >= 0.3 is 0 Å². The number of ether oxygens (including phenoxy) is 1. The Bertz CT molecular complexity index is 450. The van der Waals surface area contributed by atoms with E-state index in [0.29, 0.717) is 6.10 Å². The van der Waals surface area contributed by atoms with Crippen molar-refractivity contribution in [3.63, 3.8) is 0 Å². The van der Waals surface area contributed by atoms with E-state index in [1.165, 1.54) is 6.42 Å². The van der Waals surface area contributed by atoms with E-state index >= 15 is 0 Å². The first kappa shape index (κ1) is 8.17. The Labute approximate surface area is 85.8 Å². The molecule has 3 nitrogen and oxygen atoms in total. The van der Waals surface area contributed by atoms with E-state index in [2.05, 4.69) is 9.97 Å². The first-order chi connectivity index (χ1) is 6.93. The minimum Gasteiger partial charge on any atom is -0.474 e. The van der Waals surface area contributed by atoms with Gasteiger partial charge in [0.2, 0.25) is 5.88 Å². The molecule has 2 heterocycles. The van der Waals surface area contributed by atoms with Gasteiger partial charge in [0.05, 0.1) is 5.39 Å². The monoisotopic (exact) mass is 206 g/mol. The summed E-state index contributed by atoms with van der Waals surface area (Å²) in [6.45, 7) is 0. The largest absolute Gasteiger partial charge is 0.474 e. The SMILES string of the molecule is c1nc(OC2CCC2)c2ccsc2n1. The summed E-state index contributed by atoms with van der Waals surface area (Å²) in [5, 5.41) is 3.07. The fourth-order valence-corrected chi connectivity index (χ4v) is 2.23. The van der Waals surface area contributed by atoms with Crippen molar-refractivity contribution >= 4 is 21.6 Å². The normalized spacial score (nSPS) is 16.9. The van der Waals surface area contributed by atoms with Crippen LogP contribution in [-0.2, 0) is 0 Å². The fraction of sp³-hybridized carbons (Fsp3) is 0.400. The zero-order chi connectivity index (χ0) is 9.38. The van der Waals surface area contributed by atoms with Gasteiger partial charge in [-0.05, 0) is 30.7 Å². The van der Waals surface area contributed by atoms with E-state index < -0.39 is 0 Å². The molecule has 4 heteroatoms. The molecule has 72 valence electrons. The van der Waals surface area contributed by atoms with Crippen molar-refractivity contribution in [1.29, 1.82) is 0 Å². The summed E-state index contributed by atoms with van der Waals surface area (Å²) in [6, 6.07) is 2.02. The van der Waals surface area contributed by atoms with Crippen LogP contribution in [0.4, 0.5) is 0 Å². The van der Waals surface area contributed by atoms with Gasteiger partial charge in [0.1, 0.15) is 17.3 Å². The molecular formula is C10H10N2OS. The second kappa shape index (κ2) is 3.20. The molecule has 1 aliphatic carbocycles. The maximum atomic E-state index is 5.78. The van der Waals surface area contributed by atoms with Crippen LogP contribution in [0, 0.1) is 0 Å². The Morgan fingerprint density at radius 2 is 2.29 bits per heavy atom. The summed E-state index contributed by atoms with van der Waals surface area (Å²) in [5.41, 5.74) is 0. The summed E-state index contributed by atoms with van der Waals surface area (Å²) in [6.07, 6.45) is 5.56. The summed E-state index contributed by atoms with van der Waals surface area (Å²) < 4.78 is 5.78. The zero-order valence-electron chi connectivity index (χ0n) is 7.64. The van der Waals surface area contributed by atoms with Crippen LogP contribution in [0.5, 0.6) is 5.88 Å². The second-order valence-electron chi connectivity index (χ2n) is 3.49. The van der Waals surface area contributed by atoms with Crippen molar-refractivity contribution in [2.45, 2.75) is 25.4 Å². The third kappa shape index (κ3) is 1.26. The highest BCUT2D eigenvalue weighted by Crippen LogP contribution is 2.30. The van der Waals surface area contributed by atoms with Gasteiger partial charge in [0.25, 0.3) is 0 Å². The molecule has 0 atom stereocenters. The fourth-order valence-electron chi connectivity index (χ4n) is 1.51. The van der Waals surface area contributed by atoms with E-state index in [-0.39, 0.29) is 0 Å². The lowest BCUT2D eigenvalue weighted by Gasteiger charge is -2.25. The highest BCUT2D eigenvalue weighted by atomic mass is 32.1. The van der Waals surface area contributed by atoms with Gasteiger partial charge in [0.15, 0.2) is 0 Å². The number of hydrogen-bond acceptors (Lipinski definition) is 4. The van der Waals surface area contributed by atoms with Crippen molar-refractivity contribution in [1.82, 2.24) is 9.97 Å². The molecule has 0 aromatic carbocycles. The molecule has 0 N–H and O–H groups in total. The summed E-state index contributed by atoms with van der Waals surface area (Å²) in [7, 11) is 0. The van der Waals surface area contributed by atoms with E-state index in [4.69, 9.17) is 4.74 Å². The lowest BCUT2D eigenvalue weighted by atomic mass is 9.96. The molecule has 0 radical (unpaired) electrons. The molecule has 2 aromatic heterocycles. The molecule has 1 saturated carbocycles. The molecule has 0 amide bonds. The van der Waals surface area contributed by atoms with Gasteiger partial charge in [-0.1, -0.05) is 0 Å². The maximum absolute atomic E-state index is 5.78. The molecule has 0 unspecified atom stereocenters. The predicted octanol–water partition coefficient (Wildman–Crippen LogP) is 2.62. The Balaban J connectivity index is 1.97. The molecule has 0 spiro atoms. The zero-order valence-corrected chi connectivity index (χ0v) is 8.46. The Hall–Kier alpha value is -1.16. The Morgan fingerprint density at radius 3 is 3.07 bits per heavy atom. The quantitative estimate of drug-likeness (QED) is 0.757. The standard InChI is InChI=1S/C10H10N2OS/c1-2-7(3-1)13-9-8-4-5-14-10(8)12-6-11-9/h4-7H,1-3H2. The Kier molecular flexibility index (Phi) is 1.87. The maximum Gasteiger partial charge on any atom is 0.225 e. The number of rotatable bonds is 2. The smallest absolute Gasteiger partial charge is 0.225 e. The number of hydrogen-bond donors (Lipinski definition) is 0. The topological polar surface area (TPSA) is 35.0 Å². The Morgan fingerprint density at radius 1 is 1.36 bits per heavy atom. The molecule has 0 aliphatic heterocycles. The molecule has 0 bridgehead atoms. The van der Waals surface area contributed by atoms with E-state index in [0.717, 1.165) is 28.9 Å². The van der Waals surface area contributed by atoms with Crippen molar-refractivity contribution in [2.24, 2.45) is 0 Å². The van der Waals surface area contributed by atoms with Gasteiger partial charge < -0.3 is 4.74 Å². The predicted molar refractivity (Wildman–Crippen MR) is 55.7 cm³/mol. The second-order valence-corrected chi connectivity index (χ2v) is 4.38. The van der Waals surface area contributed by atoms with Gasteiger partial charge in [-0.15, -0.1) is 11.3 Å². The van der Waals surface area contributed by atoms with Crippen molar-refractivity contribution in [2.75, 3.05) is 0 Å². The molecular weight excluding hydrogens is 196 g/mol. The van der Waals surface area contributed by atoms with Crippen LogP contribution in [0.1, 0.15) is 19.3 Å². The summed E-state index contributed by atoms with van der Waals surface area (Å²) >= 11 is 1.62. The highest BCUT2D eigenvalue weighted by Gasteiger charge is 2.20. The van der Waals surface area contributed by atoms with E-state index in [1.54, 1.807) is 17.7 Å². The number of thiophene rings is 1. The average molecular weight is 206 g/mol. The molecule has 0 saturated heterocycles. The number of aromatic nitrogens is 2. The van der Waals surface area contributed by atoms with Crippen LogP contribution < -0.4 is 4.74 Å². The first-order valence-corrected chi connectivity index (χ1v) is 5.66. The van der Waals surface area contributed by atoms with Gasteiger partial charge in [-0.2, -0.15) is 0 Å². The van der Waals surface area contributed by atoms with Crippen molar-refractivity contribution in [3.05, 3.63) is 17.8 Å². The van der Waals surface area contributed by atoms with Gasteiger partial charge in [-0.3, -0.25) is 0 Å². The number of fused-ring (bicyclic) bond motifs is 1. The average Bonchev–Trinajstić information content (AvgIpc) is 2.59. The van der Waals surface area contributed by atoms with Crippen LogP contribution in [0.2, 0.25) is 0 Å². The van der Waals surface area contributed by atoms with Crippen molar-refractivity contribution in [3.8, 4) is 5.88 Å². The molecule has 2 aromatic rings. The third-order valence-corrected chi connectivity index (χ3v) is 3.38. The lowest BCUT2D eigenvalue weighted by Crippen LogP contribution is -2.25.